The van der Waals surface area contributed by atoms with E-state index in [1.807, 2.05) is 0 Å². The van der Waals surface area contributed by atoms with Gasteiger partial charge in [0, 0.05) is 12.5 Å². The molecular formula is C12H11NO3. The number of fused-ring (bicyclic) bond motifs is 1. The molecule has 4 heteroatoms. The molecule has 1 aromatic carbocycles. The van der Waals surface area contributed by atoms with Crippen molar-refractivity contribution in [3.05, 3.63) is 35.4 Å². The molecule has 0 spiro atoms. The van der Waals surface area contributed by atoms with Gasteiger partial charge in [0.2, 0.25) is 0 Å². The number of benzene rings is 1. The van der Waals surface area contributed by atoms with Gasteiger partial charge in [-0.3, -0.25) is 14.5 Å². The van der Waals surface area contributed by atoms with Gasteiger partial charge in [0.15, 0.2) is 0 Å². The van der Waals surface area contributed by atoms with Gasteiger partial charge in [0.25, 0.3) is 11.8 Å². The van der Waals surface area contributed by atoms with Crippen LogP contribution < -0.4 is 0 Å². The molecule has 0 saturated heterocycles. The molecule has 1 atom stereocenters. The fourth-order valence-electron chi connectivity index (χ4n) is 1.85. The smallest absolute Gasteiger partial charge is 0.261 e. The summed E-state index contributed by atoms with van der Waals surface area (Å²) in [4.78, 5) is 35.4. The van der Waals surface area contributed by atoms with E-state index in [1.54, 1.807) is 31.2 Å². The predicted molar refractivity (Wildman–Crippen MR) is 57.1 cm³/mol. The highest BCUT2D eigenvalue weighted by Gasteiger charge is 2.37. The minimum Gasteiger partial charge on any atom is -0.303 e. The highest BCUT2D eigenvalue weighted by molar-refractivity contribution is 6.21. The maximum atomic E-state index is 11.9. The molecule has 1 aliphatic rings. The van der Waals surface area contributed by atoms with Crippen LogP contribution in [-0.4, -0.2) is 29.0 Å². The van der Waals surface area contributed by atoms with E-state index in [1.165, 1.54) is 0 Å². The summed E-state index contributed by atoms with van der Waals surface area (Å²) >= 11 is 0. The molecule has 0 radical (unpaired) electrons. The monoisotopic (exact) mass is 217 g/mol. The summed E-state index contributed by atoms with van der Waals surface area (Å²) in [6, 6.07) is 6.31. The summed E-state index contributed by atoms with van der Waals surface area (Å²) in [5, 5.41) is 0. The minimum absolute atomic E-state index is 0.172. The number of amides is 2. The molecule has 1 heterocycles. The van der Waals surface area contributed by atoms with Crippen LogP contribution in [0, 0.1) is 0 Å². The van der Waals surface area contributed by atoms with Crippen molar-refractivity contribution in [2.45, 2.75) is 19.4 Å². The molecule has 2 amide bonds. The van der Waals surface area contributed by atoms with Crippen molar-refractivity contribution >= 4 is 18.1 Å². The van der Waals surface area contributed by atoms with Crippen LogP contribution in [0.5, 0.6) is 0 Å². The van der Waals surface area contributed by atoms with Crippen molar-refractivity contribution in [1.29, 1.82) is 0 Å². The first kappa shape index (κ1) is 10.5. The van der Waals surface area contributed by atoms with Crippen LogP contribution in [-0.2, 0) is 4.79 Å². The lowest BCUT2D eigenvalue weighted by molar-refractivity contribution is -0.108. The first-order chi connectivity index (χ1) is 7.66. The maximum Gasteiger partial charge on any atom is 0.261 e. The Morgan fingerprint density at radius 1 is 1.19 bits per heavy atom. The van der Waals surface area contributed by atoms with Crippen molar-refractivity contribution in [3.8, 4) is 0 Å². The van der Waals surface area contributed by atoms with Gasteiger partial charge in [0.05, 0.1) is 11.1 Å². The van der Waals surface area contributed by atoms with Gasteiger partial charge in [-0.05, 0) is 19.1 Å². The van der Waals surface area contributed by atoms with Gasteiger partial charge in [-0.25, -0.2) is 0 Å². The summed E-state index contributed by atoms with van der Waals surface area (Å²) in [6.45, 7) is 1.69. The van der Waals surface area contributed by atoms with E-state index >= 15 is 0 Å². The normalized spacial score (nSPS) is 16.2. The van der Waals surface area contributed by atoms with Crippen LogP contribution in [0.1, 0.15) is 34.1 Å². The van der Waals surface area contributed by atoms with Crippen LogP contribution in [0.25, 0.3) is 0 Å². The summed E-state index contributed by atoms with van der Waals surface area (Å²) in [5.74, 6) is -0.620. The van der Waals surface area contributed by atoms with E-state index in [4.69, 9.17) is 0 Å². The number of hydrogen-bond donors (Lipinski definition) is 0. The van der Waals surface area contributed by atoms with Crippen LogP contribution >= 0.6 is 0 Å². The third kappa shape index (κ3) is 1.43. The van der Waals surface area contributed by atoms with Crippen molar-refractivity contribution in [2.24, 2.45) is 0 Å². The minimum atomic E-state index is -0.384. The number of carbonyl (C=O) groups is 3. The average Bonchev–Trinajstić information content (AvgIpc) is 2.53. The van der Waals surface area contributed by atoms with E-state index in [2.05, 4.69) is 0 Å². The fourth-order valence-corrected chi connectivity index (χ4v) is 1.85. The second-order valence-corrected chi connectivity index (χ2v) is 3.78. The lowest BCUT2D eigenvalue weighted by Gasteiger charge is -2.20. The molecule has 0 aliphatic carbocycles. The molecule has 82 valence electrons. The van der Waals surface area contributed by atoms with E-state index < -0.39 is 0 Å². The van der Waals surface area contributed by atoms with Gasteiger partial charge in [0.1, 0.15) is 6.29 Å². The number of nitrogens with zero attached hydrogens (tertiary/aromatic N) is 1. The predicted octanol–water partition coefficient (Wildman–Crippen LogP) is 1.26. The van der Waals surface area contributed by atoms with Gasteiger partial charge in [-0.1, -0.05) is 12.1 Å². The number of aldehydes is 1. The molecule has 2 rings (SSSR count). The SMILES string of the molecule is C[C@H](CC=O)N1C(=O)c2ccccc2C1=O. The van der Waals surface area contributed by atoms with E-state index in [9.17, 15) is 14.4 Å². The molecule has 0 aromatic heterocycles. The lowest BCUT2D eigenvalue weighted by Crippen LogP contribution is -2.38. The molecule has 4 nitrogen and oxygen atoms in total. The molecule has 0 saturated carbocycles. The highest BCUT2D eigenvalue weighted by atomic mass is 16.2. The van der Waals surface area contributed by atoms with Crippen molar-refractivity contribution in [1.82, 2.24) is 4.90 Å². The zero-order valence-electron chi connectivity index (χ0n) is 8.84. The summed E-state index contributed by atoms with van der Waals surface area (Å²) in [6.07, 6.45) is 0.889. The van der Waals surface area contributed by atoms with Gasteiger partial charge >= 0.3 is 0 Å². The van der Waals surface area contributed by atoms with Gasteiger partial charge in [-0.15, -0.1) is 0 Å². The second-order valence-electron chi connectivity index (χ2n) is 3.78. The molecular weight excluding hydrogens is 206 g/mol. The van der Waals surface area contributed by atoms with E-state index in [-0.39, 0.29) is 24.3 Å². The average molecular weight is 217 g/mol. The Hall–Kier alpha value is -1.97. The standard InChI is InChI=1S/C12H11NO3/c1-8(6-7-14)13-11(15)9-4-2-3-5-10(9)12(13)16/h2-5,7-8H,6H2,1H3/t8-/m1/s1. The van der Waals surface area contributed by atoms with Gasteiger partial charge in [-0.2, -0.15) is 0 Å². The summed E-state index contributed by atoms with van der Waals surface area (Å²) in [5.41, 5.74) is 0.843. The number of hydrogen-bond acceptors (Lipinski definition) is 3. The van der Waals surface area contributed by atoms with Crippen LogP contribution in [0.2, 0.25) is 0 Å². The number of rotatable bonds is 3. The van der Waals surface area contributed by atoms with Crippen molar-refractivity contribution in [3.63, 3.8) is 0 Å². The van der Waals surface area contributed by atoms with Crippen LogP contribution in [0.4, 0.5) is 0 Å². The molecule has 0 fully saturated rings. The number of carbonyl (C=O) groups excluding carboxylic acids is 3. The Kier molecular flexibility index (Phi) is 2.56. The second kappa shape index (κ2) is 3.89. The Labute approximate surface area is 92.9 Å². The Morgan fingerprint density at radius 3 is 2.12 bits per heavy atom. The Bertz CT molecular complexity index is 432. The maximum absolute atomic E-state index is 11.9. The van der Waals surface area contributed by atoms with Gasteiger partial charge < -0.3 is 4.79 Å². The zero-order valence-corrected chi connectivity index (χ0v) is 8.84. The van der Waals surface area contributed by atoms with Crippen LogP contribution in [0.3, 0.4) is 0 Å². The van der Waals surface area contributed by atoms with E-state index in [0.717, 1.165) is 4.90 Å². The largest absolute Gasteiger partial charge is 0.303 e. The third-order valence-corrected chi connectivity index (χ3v) is 2.70. The molecule has 1 aliphatic heterocycles. The highest BCUT2D eigenvalue weighted by Crippen LogP contribution is 2.24. The first-order valence-electron chi connectivity index (χ1n) is 5.07. The van der Waals surface area contributed by atoms with Crippen LogP contribution in [0.15, 0.2) is 24.3 Å². The van der Waals surface area contributed by atoms with Crippen molar-refractivity contribution in [2.75, 3.05) is 0 Å². The Balaban J connectivity index is 2.38. The molecule has 1 aromatic rings. The Morgan fingerprint density at radius 2 is 1.69 bits per heavy atom. The topological polar surface area (TPSA) is 54.5 Å². The zero-order chi connectivity index (χ0) is 11.7. The molecule has 0 unspecified atom stereocenters. The third-order valence-electron chi connectivity index (χ3n) is 2.70. The first-order valence-corrected chi connectivity index (χ1v) is 5.07. The molecule has 0 N–H and O–H groups in total. The summed E-state index contributed by atoms with van der Waals surface area (Å²) in [7, 11) is 0. The number of imide groups is 1. The molecule has 16 heavy (non-hydrogen) atoms. The quantitative estimate of drug-likeness (QED) is 0.565. The summed E-state index contributed by atoms with van der Waals surface area (Å²) < 4.78 is 0. The van der Waals surface area contributed by atoms with E-state index in [0.29, 0.717) is 17.4 Å². The fraction of sp³-hybridized carbons (Fsp3) is 0.250. The molecule has 0 bridgehead atoms. The van der Waals surface area contributed by atoms with Crippen molar-refractivity contribution < 1.29 is 14.4 Å². The lowest BCUT2D eigenvalue weighted by atomic mass is 10.1.